The molecule has 0 unspecified atom stereocenters. The molecule has 3 heterocycles. The van der Waals surface area contributed by atoms with Crippen molar-refractivity contribution in [2.45, 2.75) is 6.92 Å². The van der Waals surface area contributed by atoms with E-state index in [0.717, 1.165) is 33.1 Å². The van der Waals surface area contributed by atoms with Crippen molar-refractivity contribution in [3.05, 3.63) is 52.1 Å². The standard InChI is InChI=1S/C21H18N4O4S/c1-12(13-3-6-18-19(8-13)29-11-28-18)24-25-16(10-30-21(25)22-2)14-4-5-17-15(7-14)23-20(26)9-27-17/h3-8,10H,9,11H2,1-2H3,(H,23,26). The Labute approximate surface area is 176 Å². The summed E-state index contributed by atoms with van der Waals surface area (Å²) in [4.78, 5) is 16.8. The molecule has 0 fully saturated rings. The molecule has 5 rings (SSSR count). The van der Waals surface area contributed by atoms with Crippen molar-refractivity contribution < 1.29 is 19.0 Å². The van der Waals surface area contributed by atoms with Crippen LogP contribution in [0, 0.1) is 0 Å². The first-order chi connectivity index (χ1) is 14.6. The van der Waals surface area contributed by atoms with Crippen LogP contribution >= 0.6 is 11.3 Å². The van der Waals surface area contributed by atoms with Crippen molar-refractivity contribution in [1.82, 2.24) is 4.68 Å². The molecule has 0 atom stereocenters. The van der Waals surface area contributed by atoms with Crippen LogP contribution in [0.3, 0.4) is 0 Å². The van der Waals surface area contributed by atoms with Gasteiger partial charge in [0.2, 0.25) is 11.6 Å². The molecule has 152 valence electrons. The van der Waals surface area contributed by atoms with Gasteiger partial charge in [0.15, 0.2) is 18.1 Å². The van der Waals surface area contributed by atoms with Gasteiger partial charge in [-0.25, -0.2) is 4.68 Å². The molecule has 30 heavy (non-hydrogen) atoms. The zero-order chi connectivity index (χ0) is 20.7. The first-order valence-electron chi connectivity index (χ1n) is 9.28. The molecule has 2 aliphatic rings. The lowest BCUT2D eigenvalue weighted by Crippen LogP contribution is -2.25. The molecule has 1 N–H and O–H groups in total. The Morgan fingerprint density at radius 1 is 1.10 bits per heavy atom. The number of anilines is 1. The van der Waals surface area contributed by atoms with Gasteiger partial charge in [0, 0.05) is 23.6 Å². The average molecular weight is 422 g/mol. The van der Waals surface area contributed by atoms with Crippen molar-refractivity contribution in [1.29, 1.82) is 0 Å². The van der Waals surface area contributed by atoms with E-state index in [1.807, 2.05) is 48.7 Å². The molecule has 0 saturated carbocycles. The lowest BCUT2D eigenvalue weighted by Gasteiger charge is -2.18. The van der Waals surface area contributed by atoms with E-state index in [4.69, 9.17) is 19.3 Å². The maximum absolute atomic E-state index is 11.7. The molecule has 0 spiro atoms. The largest absolute Gasteiger partial charge is 0.482 e. The highest BCUT2D eigenvalue weighted by molar-refractivity contribution is 7.07. The first-order valence-corrected chi connectivity index (χ1v) is 10.2. The first kappa shape index (κ1) is 18.4. The van der Waals surface area contributed by atoms with E-state index >= 15 is 0 Å². The van der Waals surface area contributed by atoms with Gasteiger partial charge in [-0.3, -0.25) is 9.79 Å². The van der Waals surface area contributed by atoms with Gasteiger partial charge in [0.25, 0.3) is 5.91 Å². The zero-order valence-corrected chi connectivity index (χ0v) is 17.2. The summed E-state index contributed by atoms with van der Waals surface area (Å²) in [6, 6.07) is 11.4. The second-order valence-corrected chi connectivity index (χ2v) is 7.58. The number of benzene rings is 2. The molecule has 2 aromatic carbocycles. The molecule has 9 heteroatoms. The third-order valence-electron chi connectivity index (χ3n) is 4.83. The number of carbonyl (C=O) groups excluding carboxylic acids is 1. The SMILES string of the molecule is CN=c1scc(-c2ccc3c(c2)NC(=O)CO3)n1N=C(C)c1ccc2c(c1)OCO2. The Hall–Kier alpha value is -3.59. The Balaban J connectivity index is 1.57. The molecule has 2 aliphatic heterocycles. The van der Waals surface area contributed by atoms with Crippen LogP contribution in [0.1, 0.15) is 12.5 Å². The van der Waals surface area contributed by atoms with E-state index in [0.29, 0.717) is 17.2 Å². The summed E-state index contributed by atoms with van der Waals surface area (Å²) in [5, 5.41) is 9.66. The summed E-state index contributed by atoms with van der Waals surface area (Å²) < 4.78 is 18.1. The maximum atomic E-state index is 11.7. The second kappa shape index (κ2) is 7.34. The molecule has 1 amide bonds. The maximum Gasteiger partial charge on any atom is 0.262 e. The Bertz CT molecular complexity index is 1260. The molecular formula is C21H18N4O4S. The van der Waals surface area contributed by atoms with Gasteiger partial charge in [-0.05, 0) is 43.3 Å². The average Bonchev–Trinajstić information content (AvgIpc) is 3.39. The summed E-state index contributed by atoms with van der Waals surface area (Å²) in [6.07, 6.45) is 0. The number of ether oxygens (including phenoxy) is 3. The fourth-order valence-electron chi connectivity index (χ4n) is 3.32. The number of hydrogen-bond acceptors (Lipinski definition) is 7. The smallest absolute Gasteiger partial charge is 0.262 e. The van der Waals surface area contributed by atoms with E-state index in [1.165, 1.54) is 11.3 Å². The van der Waals surface area contributed by atoms with E-state index < -0.39 is 0 Å². The van der Waals surface area contributed by atoms with E-state index in [2.05, 4.69) is 10.3 Å². The van der Waals surface area contributed by atoms with Gasteiger partial charge in [0.05, 0.1) is 17.1 Å². The molecule has 0 bridgehead atoms. The third kappa shape index (κ3) is 3.22. The van der Waals surface area contributed by atoms with Gasteiger partial charge >= 0.3 is 0 Å². The summed E-state index contributed by atoms with van der Waals surface area (Å²) in [7, 11) is 1.73. The Kier molecular flexibility index (Phi) is 4.51. The van der Waals surface area contributed by atoms with Crippen LogP contribution < -0.4 is 24.3 Å². The van der Waals surface area contributed by atoms with Crippen LogP contribution in [0.5, 0.6) is 17.2 Å². The minimum Gasteiger partial charge on any atom is -0.482 e. The lowest BCUT2D eigenvalue weighted by molar-refractivity contribution is -0.118. The van der Waals surface area contributed by atoms with E-state index in [1.54, 1.807) is 11.7 Å². The number of hydrogen-bond donors (Lipinski definition) is 1. The van der Waals surface area contributed by atoms with Crippen molar-refractivity contribution in [3.8, 4) is 28.5 Å². The van der Waals surface area contributed by atoms with E-state index in [9.17, 15) is 4.79 Å². The summed E-state index contributed by atoms with van der Waals surface area (Å²) in [5.41, 5.74) is 4.14. The van der Waals surface area contributed by atoms with Crippen molar-refractivity contribution in [2.24, 2.45) is 10.1 Å². The zero-order valence-electron chi connectivity index (χ0n) is 16.3. The van der Waals surface area contributed by atoms with Crippen LogP contribution in [-0.4, -0.2) is 36.7 Å². The summed E-state index contributed by atoms with van der Waals surface area (Å²) in [6.45, 7) is 2.20. The number of amides is 1. The fraction of sp³-hybridized carbons (Fsp3) is 0.190. The normalized spacial score (nSPS) is 15.6. The van der Waals surface area contributed by atoms with Gasteiger partial charge < -0.3 is 19.5 Å². The van der Waals surface area contributed by atoms with Gasteiger partial charge in [-0.2, -0.15) is 5.10 Å². The summed E-state index contributed by atoms with van der Waals surface area (Å²) in [5.74, 6) is 1.93. The van der Waals surface area contributed by atoms with Crippen molar-refractivity contribution >= 4 is 28.6 Å². The number of fused-ring (bicyclic) bond motifs is 2. The van der Waals surface area contributed by atoms with Crippen LogP contribution in [0.15, 0.2) is 51.9 Å². The quantitative estimate of drug-likeness (QED) is 0.658. The lowest BCUT2D eigenvalue weighted by atomic mass is 10.1. The molecule has 3 aromatic rings. The highest BCUT2D eigenvalue weighted by Crippen LogP contribution is 2.34. The fourth-order valence-corrected chi connectivity index (χ4v) is 4.11. The monoisotopic (exact) mass is 422 g/mol. The van der Waals surface area contributed by atoms with Crippen LogP contribution in [0.2, 0.25) is 0 Å². The highest BCUT2D eigenvalue weighted by atomic mass is 32.1. The molecule has 0 radical (unpaired) electrons. The second-order valence-electron chi connectivity index (χ2n) is 6.74. The number of carbonyl (C=O) groups is 1. The molecule has 8 nitrogen and oxygen atoms in total. The predicted molar refractivity (Wildman–Crippen MR) is 114 cm³/mol. The van der Waals surface area contributed by atoms with E-state index in [-0.39, 0.29) is 19.3 Å². The predicted octanol–water partition coefficient (Wildman–Crippen LogP) is 3.08. The van der Waals surface area contributed by atoms with Crippen molar-refractivity contribution in [2.75, 3.05) is 25.8 Å². The number of aromatic nitrogens is 1. The molecule has 0 saturated heterocycles. The van der Waals surface area contributed by atoms with Gasteiger partial charge in [0.1, 0.15) is 5.75 Å². The number of nitrogens with zero attached hydrogens (tertiary/aromatic N) is 3. The third-order valence-corrected chi connectivity index (χ3v) is 5.73. The minimum atomic E-state index is -0.168. The van der Waals surface area contributed by atoms with Crippen molar-refractivity contribution in [3.63, 3.8) is 0 Å². The topological polar surface area (TPSA) is 86.4 Å². The Morgan fingerprint density at radius 2 is 1.93 bits per heavy atom. The molecule has 1 aromatic heterocycles. The van der Waals surface area contributed by atoms with Crippen LogP contribution in [0.4, 0.5) is 5.69 Å². The number of thiazole rings is 1. The Morgan fingerprint density at radius 3 is 2.80 bits per heavy atom. The number of rotatable bonds is 3. The highest BCUT2D eigenvalue weighted by Gasteiger charge is 2.18. The summed E-state index contributed by atoms with van der Waals surface area (Å²) >= 11 is 1.49. The molecular weight excluding hydrogens is 404 g/mol. The minimum absolute atomic E-state index is 0.0304. The van der Waals surface area contributed by atoms with Crippen LogP contribution in [0.25, 0.3) is 11.3 Å². The van der Waals surface area contributed by atoms with Gasteiger partial charge in [-0.1, -0.05) is 0 Å². The number of nitrogens with one attached hydrogen (secondary N) is 1. The van der Waals surface area contributed by atoms with Crippen LogP contribution in [-0.2, 0) is 4.79 Å². The van der Waals surface area contributed by atoms with Gasteiger partial charge in [-0.15, -0.1) is 11.3 Å². The molecule has 0 aliphatic carbocycles.